The summed E-state index contributed by atoms with van der Waals surface area (Å²) in [5, 5.41) is 6.02. The third kappa shape index (κ3) is 6.79. The van der Waals surface area contributed by atoms with Crippen LogP contribution in [0.25, 0.3) is 0 Å². The molecule has 1 aliphatic carbocycles. The van der Waals surface area contributed by atoms with Crippen molar-refractivity contribution in [3.8, 4) is 0 Å². The van der Waals surface area contributed by atoms with Gasteiger partial charge in [-0.05, 0) is 50.2 Å². The Morgan fingerprint density at radius 1 is 1.15 bits per heavy atom. The average molecular weight is 360 g/mol. The fourth-order valence-corrected chi connectivity index (χ4v) is 3.04. The second-order valence-electron chi connectivity index (χ2n) is 7.80. The van der Waals surface area contributed by atoms with Crippen LogP contribution in [0, 0.1) is 19.8 Å². The third-order valence-corrected chi connectivity index (χ3v) is 4.83. The molecule has 2 N–H and O–H groups in total. The highest BCUT2D eigenvalue weighted by atomic mass is 16.2. The van der Waals surface area contributed by atoms with Crippen LogP contribution in [0.5, 0.6) is 0 Å². The zero-order valence-corrected chi connectivity index (χ0v) is 16.6. The van der Waals surface area contributed by atoms with Crippen LogP contribution in [0.4, 0.5) is 5.69 Å². The molecule has 0 aliphatic heterocycles. The minimum absolute atomic E-state index is 0.00508. The molecule has 2 amide bonds. The molecule has 0 bridgehead atoms. The summed E-state index contributed by atoms with van der Waals surface area (Å²) in [4.78, 5) is 26.6. The number of carbonyl (C=O) groups excluding carboxylic acids is 2. The van der Waals surface area contributed by atoms with Gasteiger partial charge in [-0.2, -0.15) is 0 Å². The van der Waals surface area contributed by atoms with Crippen molar-refractivity contribution >= 4 is 17.5 Å². The van der Waals surface area contributed by atoms with E-state index in [9.17, 15) is 9.59 Å². The smallest absolute Gasteiger partial charge is 0.238 e. The summed E-state index contributed by atoms with van der Waals surface area (Å²) in [5.41, 5.74) is 3.04. The highest BCUT2D eigenvalue weighted by molar-refractivity contribution is 5.93. The molecule has 1 fully saturated rings. The minimum Gasteiger partial charge on any atom is -0.356 e. The summed E-state index contributed by atoms with van der Waals surface area (Å²) in [5.74, 6) is 0.660. The van der Waals surface area contributed by atoms with Crippen molar-refractivity contribution in [3.63, 3.8) is 0 Å². The summed E-state index contributed by atoms with van der Waals surface area (Å²) in [6.45, 7) is 10.0. The van der Waals surface area contributed by atoms with E-state index in [0.29, 0.717) is 31.5 Å². The van der Waals surface area contributed by atoms with Gasteiger partial charge in [0.15, 0.2) is 0 Å². The Hall–Kier alpha value is -1.88. The zero-order valence-electron chi connectivity index (χ0n) is 16.6. The van der Waals surface area contributed by atoms with E-state index in [-0.39, 0.29) is 11.8 Å². The van der Waals surface area contributed by atoms with E-state index in [4.69, 9.17) is 0 Å². The number of hydrogen-bond acceptors (Lipinski definition) is 3. The summed E-state index contributed by atoms with van der Waals surface area (Å²) < 4.78 is 0. The number of rotatable bonds is 10. The molecule has 0 aromatic heterocycles. The maximum atomic E-state index is 12.5. The topological polar surface area (TPSA) is 61.4 Å². The lowest BCUT2D eigenvalue weighted by Crippen LogP contribution is -2.38. The summed E-state index contributed by atoms with van der Waals surface area (Å²) in [7, 11) is 0. The number of nitrogens with one attached hydrogen (secondary N) is 2. The molecule has 0 atom stereocenters. The van der Waals surface area contributed by atoms with Crippen LogP contribution in [0.3, 0.4) is 0 Å². The first-order chi connectivity index (χ1) is 12.4. The molecule has 0 spiro atoms. The van der Waals surface area contributed by atoms with Crippen molar-refractivity contribution in [1.29, 1.82) is 0 Å². The molecule has 1 aliphatic rings. The van der Waals surface area contributed by atoms with E-state index < -0.39 is 0 Å². The molecule has 144 valence electrons. The Labute approximate surface area is 157 Å². The minimum atomic E-state index is -0.00508. The van der Waals surface area contributed by atoms with E-state index in [1.54, 1.807) is 0 Å². The maximum Gasteiger partial charge on any atom is 0.238 e. The second-order valence-corrected chi connectivity index (χ2v) is 7.80. The average Bonchev–Trinajstić information content (AvgIpc) is 3.39. The van der Waals surface area contributed by atoms with Crippen molar-refractivity contribution in [3.05, 3.63) is 29.3 Å². The number of hydrogen-bond donors (Lipinski definition) is 2. The zero-order chi connectivity index (χ0) is 19.1. The Morgan fingerprint density at radius 3 is 2.38 bits per heavy atom. The molecule has 2 rings (SSSR count). The van der Waals surface area contributed by atoms with Gasteiger partial charge in [-0.25, -0.2) is 0 Å². The van der Waals surface area contributed by atoms with Crippen molar-refractivity contribution in [1.82, 2.24) is 10.2 Å². The van der Waals surface area contributed by atoms with Crippen LogP contribution in [0.15, 0.2) is 18.2 Å². The highest BCUT2D eigenvalue weighted by Crippen LogP contribution is 2.27. The first-order valence-corrected chi connectivity index (χ1v) is 9.73. The van der Waals surface area contributed by atoms with Crippen LogP contribution in [0.1, 0.15) is 50.7 Å². The number of amides is 2. The first kappa shape index (κ1) is 20.4. The number of para-hydroxylation sites is 1. The van der Waals surface area contributed by atoms with E-state index >= 15 is 0 Å². The largest absolute Gasteiger partial charge is 0.356 e. The van der Waals surface area contributed by atoms with E-state index in [2.05, 4.69) is 29.4 Å². The number of carbonyl (C=O) groups is 2. The monoisotopic (exact) mass is 359 g/mol. The SMILES string of the molecule is Cc1cccc(C)c1NC(=O)CN(CCC(=O)NCCC(C)C)C1CC1. The molecule has 5 heteroatoms. The summed E-state index contributed by atoms with van der Waals surface area (Å²) >= 11 is 0. The molecule has 0 heterocycles. The normalized spacial score (nSPS) is 13.9. The molecule has 26 heavy (non-hydrogen) atoms. The fourth-order valence-electron chi connectivity index (χ4n) is 3.04. The fraction of sp³-hybridized carbons (Fsp3) is 0.619. The van der Waals surface area contributed by atoms with Crippen molar-refractivity contribution < 1.29 is 9.59 Å². The predicted molar refractivity (Wildman–Crippen MR) is 106 cm³/mol. The Morgan fingerprint density at radius 2 is 1.81 bits per heavy atom. The lowest BCUT2D eigenvalue weighted by molar-refractivity contribution is -0.122. The van der Waals surface area contributed by atoms with Crippen LogP contribution in [0.2, 0.25) is 0 Å². The van der Waals surface area contributed by atoms with Gasteiger partial charge < -0.3 is 10.6 Å². The van der Waals surface area contributed by atoms with Gasteiger partial charge in [0.25, 0.3) is 0 Å². The molecule has 0 unspecified atom stereocenters. The van der Waals surface area contributed by atoms with Gasteiger partial charge in [0, 0.05) is 31.2 Å². The second kappa shape index (κ2) is 9.72. The number of benzene rings is 1. The third-order valence-electron chi connectivity index (χ3n) is 4.83. The Bertz CT molecular complexity index is 603. The molecule has 5 nitrogen and oxygen atoms in total. The molecule has 0 radical (unpaired) electrons. The summed E-state index contributed by atoms with van der Waals surface area (Å²) in [6, 6.07) is 6.45. The molecule has 1 saturated carbocycles. The maximum absolute atomic E-state index is 12.5. The number of nitrogens with zero attached hydrogens (tertiary/aromatic N) is 1. The van der Waals surface area contributed by atoms with Gasteiger partial charge in [-0.1, -0.05) is 32.0 Å². The van der Waals surface area contributed by atoms with Gasteiger partial charge in [0.2, 0.25) is 11.8 Å². The van der Waals surface area contributed by atoms with Gasteiger partial charge in [-0.15, -0.1) is 0 Å². The lowest BCUT2D eigenvalue weighted by Gasteiger charge is -2.22. The lowest BCUT2D eigenvalue weighted by atomic mass is 10.1. The standard InChI is InChI=1S/C21H33N3O2/c1-15(2)10-12-22-19(25)11-13-24(18-8-9-18)14-20(26)23-21-16(3)6-5-7-17(21)4/h5-7,15,18H,8-14H2,1-4H3,(H,22,25)(H,23,26). The molecular formula is C21H33N3O2. The van der Waals surface area contributed by atoms with Crippen LogP contribution in [-0.2, 0) is 9.59 Å². The van der Waals surface area contributed by atoms with Crippen molar-refractivity contribution in [2.24, 2.45) is 5.92 Å². The van der Waals surface area contributed by atoms with Gasteiger partial charge >= 0.3 is 0 Å². The van der Waals surface area contributed by atoms with Gasteiger partial charge in [0.1, 0.15) is 0 Å². The summed E-state index contributed by atoms with van der Waals surface area (Å²) in [6.07, 6.45) is 3.68. The van der Waals surface area contributed by atoms with Crippen LogP contribution >= 0.6 is 0 Å². The Balaban J connectivity index is 1.80. The first-order valence-electron chi connectivity index (χ1n) is 9.73. The van der Waals surface area contributed by atoms with Crippen LogP contribution in [-0.4, -0.2) is 42.4 Å². The van der Waals surface area contributed by atoms with E-state index in [0.717, 1.165) is 42.6 Å². The predicted octanol–water partition coefficient (Wildman–Crippen LogP) is 3.26. The molecular weight excluding hydrogens is 326 g/mol. The van der Waals surface area contributed by atoms with Gasteiger partial charge in [0.05, 0.1) is 6.54 Å². The highest BCUT2D eigenvalue weighted by Gasteiger charge is 2.30. The quantitative estimate of drug-likeness (QED) is 0.674. The van der Waals surface area contributed by atoms with Crippen molar-refractivity contribution in [2.45, 2.75) is 59.4 Å². The van der Waals surface area contributed by atoms with E-state index in [1.165, 1.54) is 0 Å². The number of anilines is 1. The Kier molecular flexibility index (Phi) is 7.64. The van der Waals surface area contributed by atoms with Crippen molar-refractivity contribution in [2.75, 3.05) is 25.0 Å². The number of aryl methyl sites for hydroxylation is 2. The molecule has 1 aromatic carbocycles. The van der Waals surface area contributed by atoms with E-state index in [1.807, 2.05) is 32.0 Å². The van der Waals surface area contributed by atoms with Crippen LogP contribution < -0.4 is 10.6 Å². The molecule has 0 saturated heterocycles. The molecule has 1 aromatic rings. The van der Waals surface area contributed by atoms with Gasteiger partial charge in [-0.3, -0.25) is 14.5 Å².